The van der Waals surface area contributed by atoms with E-state index < -0.39 is 0 Å². The maximum absolute atomic E-state index is 12.6. The van der Waals surface area contributed by atoms with Crippen LogP contribution in [0, 0.1) is 0 Å². The smallest absolute Gasteiger partial charge is 0.289 e. The highest BCUT2D eigenvalue weighted by Gasteiger charge is 2.21. The second-order valence-electron chi connectivity index (χ2n) is 5.71. The fourth-order valence-corrected chi connectivity index (χ4v) is 2.44. The third kappa shape index (κ3) is 3.57. The Morgan fingerprint density at radius 2 is 2.05 bits per heavy atom. The summed E-state index contributed by atoms with van der Waals surface area (Å²) in [6.07, 6.45) is 3.30. The number of hydrogen-bond donors (Lipinski definition) is 1. The molecule has 0 fully saturated rings. The van der Waals surface area contributed by atoms with Gasteiger partial charge in [0.05, 0.1) is 0 Å². The summed E-state index contributed by atoms with van der Waals surface area (Å²) in [5.74, 6) is 0.344. The lowest BCUT2D eigenvalue weighted by atomic mass is 10.2. The number of amides is 1. The van der Waals surface area contributed by atoms with Gasteiger partial charge in [-0.05, 0) is 44.5 Å². The quantitative estimate of drug-likeness (QED) is 0.644. The molecule has 4 nitrogen and oxygen atoms in total. The van der Waals surface area contributed by atoms with Crippen molar-refractivity contribution in [1.29, 1.82) is 0 Å². The zero-order chi connectivity index (χ0) is 15.4. The van der Waals surface area contributed by atoms with Crippen molar-refractivity contribution in [3.8, 4) is 0 Å². The molecule has 0 radical (unpaired) electrons. The van der Waals surface area contributed by atoms with Crippen molar-refractivity contribution in [3.05, 3.63) is 30.0 Å². The Morgan fingerprint density at radius 1 is 1.29 bits per heavy atom. The van der Waals surface area contributed by atoms with Gasteiger partial charge in [0.15, 0.2) is 5.76 Å². The van der Waals surface area contributed by atoms with Gasteiger partial charge < -0.3 is 15.1 Å². The van der Waals surface area contributed by atoms with Crippen LogP contribution in [0.5, 0.6) is 0 Å². The van der Waals surface area contributed by atoms with Gasteiger partial charge in [0, 0.05) is 23.7 Å². The molecule has 0 atom stereocenters. The molecule has 0 unspecified atom stereocenters. The number of carbonyl (C=O) groups excluding carboxylic acids is 1. The van der Waals surface area contributed by atoms with Crippen LogP contribution in [0.4, 0.5) is 5.69 Å². The maximum Gasteiger partial charge on any atom is 0.289 e. The van der Waals surface area contributed by atoms with Crippen molar-refractivity contribution in [3.63, 3.8) is 0 Å². The van der Waals surface area contributed by atoms with Crippen LogP contribution in [0.15, 0.2) is 28.7 Å². The molecule has 0 aliphatic heterocycles. The molecule has 0 bridgehead atoms. The van der Waals surface area contributed by atoms with E-state index in [1.165, 1.54) is 0 Å². The third-order valence-electron chi connectivity index (χ3n) is 3.64. The van der Waals surface area contributed by atoms with Crippen molar-refractivity contribution in [2.45, 2.75) is 46.1 Å². The fourth-order valence-electron chi connectivity index (χ4n) is 2.44. The van der Waals surface area contributed by atoms with E-state index in [9.17, 15) is 4.79 Å². The number of rotatable bonds is 6. The first kappa shape index (κ1) is 15.4. The molecular formula is C17H24N2O2. The van der Waals surface area contributed by atoms with Crippen molar-refractivity contribution < 1.29 is 9.21 Å². The third-order valence-corrected chi connectivity index (χ3v) is 3.64. The minimum atomic E-state index is -0.0455. The molecule has 1 aromatic carbocycles. The average Bonchev–Trinajstić information content (AvgIpc) is 2.85. The Morgan fingerprint density at radius 3 is 2.71 bits per heavy atom. The Hall–Kier alpha value is -1.97. The van der Waals surface area contributed by atoms with Crippen LogP contribution in [0.25, 0.3) is 11.0 Å². The van der Waals surface area contributed by atoms with Gasteiger partial charge in [0.1, 0.15) is 5.58 Å². The minimum Gasteiger partial charge on any atom is -0.451 e. The zero-order valence-electron chi connectivity index (χ0n) is 13.1. The highest BCUT2D eigenvalue weighted by atomic mass is 16.3. The van der Waals surface area contributed by atoms with Crippen LogP contribution in [-0.4, -0.2) is 23.4 Å². The summed E-state index contributed by atoms with van der Waals surface area (Å²) in [5.41, 5.74) is 7.13. The van der Waals surface area contributed by atoms with Gasteiger partial charge in [-0.25, -0.2) is 0 Å². The molecule has 2 aromatic rings. The lowest BCUT2D eigenvalue weighted by Gasteiger charge is -2.25. The summed E-state index contributed by atoms with van der Waals surface area (Å²) < 4.78 is 5.68. The molecule has 2 N–H and O–H groups in total. The molecule has 1 amide bonds. The Labute approximate surface area is 125 Å². The van der Waals surface area contributed by atoms with E-state index in [1.807, 2.05) is 24.8 Å². The normalized spacial score (nSPS) is 11.2. The fraction of sp³-hybridized carbons (Fsp3) is 0.471. The first-order chi connectivity index (χ1) is 10.0. The zero-order valence-corrected chi connectivity index (χ0v) is 13.1. The Kier molecular flexibility index (Phi) is 4.89. The van der Waals surface area contributed by atoms with E-state index in [-0.39, 0.29) is 11.9 Å². The van der Waals surface area contributed by atoms with E-state index >= 15 is 0 Å². The van der Waals surface area contributed by atoms with E-state index in [2.05, 4.69) is 6.92 Å². The topological polar surface area (TPSA) is 59.5 Å². The molecule has 0 saturated heterocycles. The van der Waals surface area contributed by atoms with Crippen LogP contribution in [0.1, 0.15) is 50.6 Å². The molecule has 0 saturated carbocycles. The van der Waals surface area contributed by atoms with E-state index in [0.717, 1.165) is 31.2 Å². The van der Waals surface area contributed by atoms with E-state index in [1.54, 1.807) is 18.2 Å². The number of hydrogen-bond acceptors (Lipinski definition) is 3. The van der Waals surface area contributed by atoms with Crippen LogP contribution in [0.3, 0.4) is 0 Å². The van der Waals surface area contributed by atoms with Gasteiger partial charge in [-0.3, -0.25) is 4.79 Å². The Balaban J connectivity index is 2.21. The molecule has 2 rings (SSSR count). The van der Waals surface area contributed by atoms with Gasteiger partial charge in [0.25, 0.3) is 5.91 Å². The molecular weight excluding hydrogens is 264 g/mol. The summed E-state index contributed by atoms with van der Waals surface area (Å²) in [5, 5.41) is 0.871. The number of furan rings is 1. The SMILES string of the molecule is CCCCCN(C(=O)c1cc2cc(N)ccc2o1)C(C)C. The predicted molar refractivity (Wildman–Crippen MR) is 86.3 cm³/mol. The van der Waals surface area contributed by atoms with E-state index in [4.69, 9.17) is 10.2 Å². The standard InChI is InChI=1S/C17H24N2O2/c1-4-5-6-9-19(12(2)3)17(20)16-11-13-10-14(18)7-8-15(13)21-16/h7-8,10-12H,4-6,9,18H2,1-3H3. The number of nitrogens with two attached hydrogens (primary N) is 1. The molecule has 21 heavy (non-hydrogen) atoms. The van der Waals surface area contributed by atoms with Crippen molar-refractivity contribution in [2.24, 2.45) is 0 Å². The number of benzene rings is 1. The van der Waals surface area contributed by atoms with Gasteiger partial charge >= 0.3 is 0 Å². The van der Waals surface area contributed by atoms with Crippen LogP contribution in [-0.2, 0) is 0 Å². The largest absolute Gasteiger partial charge is 0.451 e. The number of unbranched alkanes of at least 4 members (excludes halogenated alkanes) is 2. The lowest BCUT2D eigenvalue weighted by Crippen LogP contribution is -2.37. The molecule has 0 aliphatic rings. The van der Waals surface area contributed by atoms with E-state index in [0.29, 0.717) is 17.0 Å². The van der Waals surface area contributed by atoms with Crippen molar-refractivity contribution in [2.75, 3.05) is 12.3 Å². The summed E-state index contributed by atoms with van der Waals surface area (Å²) in [6.45, 7) is 6.99. The summed E-state index contributed by atoms with van der Waals surface area (Å²) >= 11 is 0. The van der Waals surface area contributed by atoms with Crippen LogP contribution < -0.4 is 5.73 Å². The Bertz CT molecular complexity index is 616. The average molecular weight is 288 g/mol. The maximum atomic E-state index is 12.6. The highest BCUT2D eigenvalue weighted by molar-refractivity contribution is 5.96. The molecule has 4 heteroatoms. The molecule has 114 valence electrons. The van der Waals surface area contributed by atoms with Crippen molar-refractivity contribution >= 4 is 22.6 Å². The molecule has 0 aliphatic carbocycles. The lowest BCUT2D eigenvalue weighted by molar-refractivity contribution is 0.0672. The van der Waals surface area contributed by atoms with Gasteiger partial charge in [0.2, 0.25) is 0 Å². The number of nitrogen functional groups attached to an aromatic ring is 1. The summed E-state index contributed by atoms with van der Waals surface area (Å²) in [4.78, 5) is 14.5. The summed E-state index contributed by atoms with van der Waals surface area (Å²) in [6, 6.07) is 7.35. The van der Waals surface area contributed by atoms with Gasteiger partial charge in [-0.2, -0.15) is 0 Å². The van der Waals surface area contributed by atoms with Crippen LogP contribution in [0.2, 0.25) is 0 Å². The second-order valence-corrected chi connectivity index (χ2v) is 5.71. The monoisotopic (exact) mass is 288 g/mol. The number of nitrogens with zero attached hydrogens (tertiary/aromatic N) is 1. The number of anilines is 1. The summed E-state index contributed by atoms with van der Waals surface area (Å²) in [7, 11) is 0. The first-order valence-corrected chi connectivity index (χ1v) is 7.63. The van der Waals surface area contributed by atoms with Crippen molar-refractivity contribution in [1.82, 2.24) is 4.90 Å². The highest BCUT2D eigenvalue weighted by Crippen LogP contribution is 2.23. The molecule has 1 aromatic heterocycles. The number of carbonyl (C=O) groups is 1. The molecule has 0 spiro atoms. The predicted octanol–water partition coefficient (Wildman–Crippen LogP) is 4.06. The first-order valence-electron chi connectivity index (χ1n) is 7.63. The minimum absolute atomic E-state index is 0.0455. The van der Waals surface area contributed by atoms with Gasteiger partial charge in [-0.15, -0.1) is 0 Å². The number of fused-ring (bicyclic) bond motifs is 1. The molecule has 1 heterocycles. The van der Waals surface area contributed by atoms with Crippen LogP contribution >= 0.6 is 0 Å². The second kappa shape index (κ2) is 6.66. The van der Waals surface area contributed by atoms with Gasteiger partial charge in [-0.1, -0.05) is 19.8 Å².